The molecule has 1 fully saturated rings. The quantitative estimate of drug-likeness (QED) is 0.0394. The van der Waals surface area contributed by atoms with Gasteiger partial charge < -0.3 is 4.89 Å². The number of rotatable bonds is 34. The maximum absolute atomic E-state index is 14.8. The molecule has 0 radical (unpaired) electrons. The molecule has 1 aliphatic heterocycles. The van der Waals surface area contributed by atoms with Crippen molar-refractivity contribution in [3.8, 4) is 0 Å². The molecule has 0 aromatic rings. The highest BCUT2D eigenvalue weighted by atomic mass is 32.2. The first-order valence-electron chi connectivity index (χ1n) is 23.4. The van der Waals surface area contributed by atoms with Gasteiger partial charge in [0.25, 0.3) is 0 Å². The molecule has 4 nitrogen and oxygen atoms in total. The third-order valence-corrected chi connectivity index (χ3v) is 17.5. The Morgan fingerprint density at radius 1 is 0.217 bits per heavy atom. The van der Waals surface area contributed by atoms with Crippen molar-refractivity contribution >= 4 is 31.3 Å². The molecule has 1 N–H and O–H groups in total. The smallest absolute Gasteiger partial charge is 0.302 e. The first-order valence-corrected chi connectivity index (χ1v) is 26.9. The molecule has 0 aromatic heterocycles. The molecule has 0 bridgehead atoms. The molecule has 69 heteroatoms. The van der Waals surface area contributed by atoms with E-state index in [1.54, 1.807) is 0 Å². The fourth-order valence-electron chi connectivity index (χ4n) is 6.84. The summed E-state index contributed by atoms with van der Waals surface area (Å²) in [4.78, 5) is 9.24. The Balaban J connectivity index is 3.92. The van der Waals surface area contributed by atoms with Gasteiger partial charge in [0, 0.05) is 24.3 Å². The van der Waals surface area contributed by atoms with Crippen molar-refractivity contribution in [3.05, 3.63) is 0 Å². The van der Waals surface area contributed by atoms with E-state index in [0.29, 0.717) is 0 Å². The Labute approximate surface area is 542 Å². The molecule has 0 unspecified atom stereocenters. The van der Waals surface area contributed by atoms with Gasteiger partial charge in [0.15, 0.2) is 0 Å². The van der Waals surface area contributed by atoms with E-state index in [1.165, 1.54) is 0 Å². The predicted octanol–water partition coefficient (Wildman–Crippen LogP) is 22.0. The second-order valence-corrected chi connectivity index (χ2v) is 25.1. The Bertz CT molecular complexity index is 2970. The van der Waals surface area contributed by atoms with Gasteiger partial charge in [-0.2, -0.15) is 272 Å². The molecule has 636 valence electrons. The fraction of sp³-hybridized carbons (Fsp3) is 1.00. The summed E-state index contributed by atoms with van der Waals surface area (Å²) in [6.45, 7) is -4.86. The Kier molecular flexibility index (Phi) is 24.6. The van der Waals surface area contributed by atoms with Crippen LogP contribution in [0.2, 0.25) is 0 Å². The number of hydrogen-bond donors (Lipinski definition) is 1. The van der Waals surface area contributed by atoms with Crippen LogP contribution in [0.25, 0.3) is 0 Å². The maximum Gasteiger partial charge on any atom is 0.472 e. The Morgan fingerprint density at radius 2 is 0.330 bits per heavy atom. The van der Waals surface area contributed by atoms with E-state index in [1.807, 2.05) is 0 Å². The summed E-state index contributed by atoms with van der Waals surface area (Å²) in [5.74, 6) is -283. The van der Waals surface area contributed by atoms with E-state index in [-0.39, 0.29) is 0 Å². The summed E-state index contributed by atoms with van der Waals surface area (Å²) >= 11 is -2.91. The minimum absolute atomic E-state index is 1.46. The summed E-state index contributed by atoms with van der Waals surface area (Å²) in [6, 6.07) is 0. The van der Waals surface area contributed by atoms with Crippen molar-refractivity contribution in [1.82, 2.24) is 0 Å². The van der Waals surface area contributed by atoms with Crippen LogP contribution in [0, 0.1) is 0 Å². The highest BCUT2D eigenvalue weighted by Crippen LogP contribution is 2.74. The highest BCUT2D eigenvalue weighted by molar-refractivity contribution is 8.18. The Morgan fingerprint density at radius 3 is 0.453 bits per heavy atom. The molecular weight excluding hydrogens is 1780 g/mol. The van der Waals surface area contributed by atoms with E-state index in [0.717, 1.165) is 0 Å². The molecule has 1 heterocycles. The lowest BCUT2D eigenvalue weighted by atomic mass is 9.83. The predicted molar refractivity (Wildman–Crippen MR) is 209 cm³/mol. The molecule has 0 aliphatic carbocycles. The lowest BCUT2D eigenvalue weighted by molar-refractivity contribution is -0.489. The third-order valence-electron chi connectivity index (χ3n) is 13.6. The van der Waals surface area contributed by atoms with E-state index in [9.17, 15) is 282 Å². The van der Waals surface area contributed by atoms with Crippen LogP contribution < -0.4 is 0 Å². The summed E-state index contributed by atoms with van der Waals surface area (Å²) in [5, 5.41) is 0. The van der Waals surface area contributed by atoms with E-state index in [2.05, 4.69) is 9.05 Å². The molecule has 1 rings (SSSR count). The number of hydrogen-bond acceptors (Lipinski definition) is 5. The van der Waals surface area contributed by atoms with E-state index >= 15 is 0 Å². The van der Waals surface area contributed by atoms with Crippen LogP contribution in [-0.2, 0) is 13.6 Å². The number of halogens is 62. The summed E-state index contributed by atoms with van der Waals surface area (Å²) < 4.78 is 881. The van der Waals surface area contributed by atoms with Gasteiger partial charge in [-0.1, -0.05) is 0 Å². The standard InChI is InChI=1S/C37H13F62O4PS2/c38-8(39,10(42,43)12(46,47)14(50,51)16(54,55)18(58,59)20(62,63)22(66,67)24(70,71)26(74,75)28(78,79)30(82,83)32(86,87)34(90,91)36(94,95)96)1-3-105-7(5-102-104(100,101)103-6-7)106-4-2-9(40,41)11(44,45)13(48,49)15(52,53)17(56,57)19(60,61)21(64,65)23(68,69)25(72,73)27(76,77)29(80,81)31(84,85)33(88,89)35(92,93)37(97,98)99/h1-6H2,(H,100,101). The first-order chi connectivity index (χ1) is 44.8. The van der Waals surface area contributed by atoms with Gasteiger partial charge in [0.2, 0.25) is 0 Å². The lowest BCUT2D eigenvalue weighted by Gasteiger charge is -2.46. The molecule has 106 heavy (non-hydrogen) atoms. The molecule has 0 amide bonds. The van der Waals surface area contributed by atoms with Crippen molar-refractivity contribution < 1.29 is 291 Å². The number of phosphoric ester groups is 1. The van der Waals surface area contributed by atoms with Crippen molar-refractivity contribution in [1.29, 1.82) is 0 Å². The lowest BCUT2D eigenvalue weighted by Crippen LogP contribution is -2.79. The summed E-state index contributed by atoms with van der Waals surface area (Å²) in [7, 11) is -5.98. The SMILES string of the molecule is O=P1(O)OCC(SCCC(F)(F)C(F)(F)C(F)(F)C(F)(F)C(F)(F)C(F)(F)C(F)(F)C(F)(F)C(F)(F)C(F)(F)C(F)(F)C(F)(F)C(F)(F)C(F)(F)C(F)(F)F)(SCCC(F)(F)C(F)(F)C(F)(F)C(F)(F)C(F)(F)C(F)(F)C(F)(F)C(F)(F)C(F)(F)C(F)(F)C(F)(F)C(F)(F)C(F)(F)C(F)(F)C(F)(F)F)CO1. The van der Waals surface area contributed by atoms with Crippen molar-refractivity contribution in [2.45, 2.75) is 195 Å². The molecule has 1 saturated heterocycles. The zero-order chi connectivity index (χ0) is 87.1. The first kappa shape index (κ1) is 100. The molecule has 0 spiro atoms. The second-order valence-electron chi connectivity index (χ2n) is 20.5. The van der Waals surface area contributed by atoms with Crippen molar-refractivity contribution in [2.75, 3.05) is 24.7 Å². The largest absolute Gasteiger partial charge is 0.472 e. The van der Waals surface area contributed by atoms with Crippen LogP contribution in [-0.4, -0.2) is 212 Å². The number of alkyl halides is 62. The minimum atomic E-state index is -10.5. The Hall–Kier alpha value is -3.53. The summed E-state index contributed by atoms with van der Waals surface area (Å²) in [5.41, 5.74) is 0. The molecule has 0 atom stereocenters. The molecular formula is C37H13F62O4PS2. The molecule has 1 aliphatic rings. The fourth-order valence-corrected chi connectivity index (χ4v) is 10.9. The van der Waals surface area contributed by atoms with Gasteiger partial charge in [-0.15, -0.1) is 23.5 Å². The molecule has 0 saturated carbocycles. The van der Waals surface area contributed by atoms with Crippen LogP contribution in [0.15, 0.2) is 0 Å². The van der Waals surface area contributed by atoms with Gasteiger partial charge in [-0.25, -0.2) is 4.57 Å². The highest BCUT2D eigenvalue weighted by Gasteiger charge is 3.04. The van der Waals surface area contributed by atoms with Crippen LogP contribution in [0.4, 0.5) is 272 Å². The van der Waals surface area contributed by atoms with Gasteiger partial charge in [-0.05, 0) is 0 Å². The normalized spacial score (nSPS) is 18.8. The van der Waals surface area contributed by atoms with Crippen LogP contribution in [0.1, 0.15) is 12.8 Å². The van der Waals surface area contributed by atoms with Crippen LogP contribution in [0.3, 0.4) is 0 Å². The number of phosphoric acid groups is 1. The molecule has 0 aromatic carbocycles. The second kappa shape index (κ2) is 26.0. The third kappa shape index (κ3) is 12.8. The van der Waals surface area contributed by atoms with E-state index < -0.39 is 251 Å². The van der Waals surface area contributed by atoms with Crippen LogP contribution >= 0.6 is 31.3 Å². The van der Waals surface area contributed by atoms with Crippen molar-refractivity contribution in [3.63, 3.8) is 0 Å². The zero-order valence-corrected chi connectivity index (χ0v) is 48.6. The van der Waals surface area contributed by atoms with Gasteiger partial charge >= 0.3 is 186 Å². The zero-order valence-electron chi connectivity index (χ0n) is 46.1. The average molecular weight is 1790 g/mol. The average Bonchev–Trinajstić information content (AvgIpc) is 0.683. The van der Waals surface area contributed by atoms with E-state index in [4.69, 9.17) is 0 Å². The monoisotopic (exact) mass is 1790 g/mol. The number of thioether (sulfide) groups is 2. The van der Waals surface area contributed by atoms with Gasteiger partial charge in [0.1, 0.15) is 4.08 Å². The maximum atomic E-state index is 14.8. The van der Waals surface area contributed by atoms with Gasteiger partial charge in [-0.3, -0.25) is 9.05 Å². The van der Waals surface area contributed by atoms with Crippen LogP contribution in [0.5, 0.6) is 0 Å². The van der Waals surface area contributed by atoms with Crippen molar-refractivity contribution in [2.24, 2.45) is 0 Å². The topological polar surface area (TPSA) is 55.8 Å². The van der Waals surface area contributed by atoms with Gasteiger partial charge in [0.05, 0.1) is 13.2 Å². The minimum Gasteiger partial charge on any atom is -0.302 e. The summed E-state index contributed by atoms with van der Waals surface area (Å²) in [6.07, 6.45) is -25.2.